The van der Waals surface area contributed by atoms with E-state index in [1.807, 2.05) is 12.1 Å². The molecule has 0 aliphatic carbocycles. The van der Waals surface area contributed by atoms with Crippen molar-refractivity contribution in [3.63, 3.8) is 0 Å². The maximum Gasteiger partial charge on any atom is 0.0587 e. The Labute approximate surface area is 111 Å². The van der Waals surface area contributed by atoms with Crippen LogP contribution < -0.4 is 5.32 Å². The highest BCUT2D eigenvalue weighted by Gasteiger charge is 2.15. The first-order valence-electron chi connectivity index (χ1n) is 5.74. The minimum absolute atomic E-state index is 0.267. The molecule has 1 unspecified atom stereocenters. The van der Waals surface area contributed by atoms with Gasteiger partial charge >= 0.3 is 0 Å². The number of hydrogen-bond acceptors (Lipinski definition) is 2. The second-order valence-electron chi connectivity index (χ2n) is 4.05. The van der Waals surface area contributed by atoms with Gasteiger partial charge in [0, 0.05) is 5.02 Å². The van der Waals surface area contributed by atoms with E-state index in [4.69, 9.17) is 11.6 Å². The van der Waals surface area contributed by atoms with Crippen LogP contribution in [-0.2, 0) is 0 Å². The fraction of sp³-hybridized carbons (Fsp3) is 0.286. The molecule has 1 aromatic heterocycles. The highest BCUT2D eigenvalue weighted by atomic mass is 35.5. The fourth-order valence-electron chi connectivity index (χ4n) is 1.93. The van der Waals surface area contributed by atoms with E-state index >= 15 is 0 Å². The second-order valence-corrected chi connectivity index (χ2v) is 5.23. The van der Waals surface area contributed by atoms with Crippen molar-refractivity contribution in [2.75, 3.05) is 6.54 Å². The molecule has 1 N–H and O–H groups in total. The minimum atomic E-state index is 0.267. The third-order valence-electron chi connectivity index (χ3n) is 2.82. The molecule has 0 aliphatic rings. The average molecular weight is 266 g/mol. The lowest BCUT2D eigenvalue weighted by Gasteiger charge is -2.18. The number of rotatable bonds is 4. The molecule has 0 radical (unpaired) electrons. The van der Waals surface area contributed by atoms with Gasteiger partial charge in [0.1, 0.15) is 0 Å². The van der Waals surface area contributed by atoms with Crippen LogP contribution in [-0.4, -0.2) is 6.54 Å². The lowest BCUT2D eigenvalue weighted by Crippen LogP contribution is -2.22. The van der Waals surface area contributed by atoms with Gasteiger partial charge in [0.05, 0.1) is 6.04 Å². The molecule has 1 aromatic carbocycles. The molecule has 2 aromatic rings. The lowest BCUT2D eigenvalue weighted by molar-refractivity contribution is 0.630. The van der Waals surface area contributed by atoms with E-state index in [-0.39, 0.29) is 6.04 Å². The standard InChI is InChI=1S/C14H16ClNS/c1-3-16-14(13-9-17-8-10(13)2)11-4-6-12(15)7-5-11/h4-9,14,16H,3H2,1-2H3. The quantitative estimate of drug-likeness (QED) is 0.864. The van der Waals surface area contributed by atoms with E-state index < -0.39 is 0 Å². The summed E-state index contributed by atoms with van der Waals surface area (Å²) in [6, 6.07) is 8.34. The monoisotopic (exact) mass is 265 g/mol. The van der Waals surface area contributed by atoms with E-state index in [0.717, 1.165) is 11.6 Å². The minimum Gasteiger partial charge on any atom is -0.306 e. The predicted octanol–water partition coefficient (Wildman–Crippen LogP) is 4.41. The van der Waals surface area contributed by atoms with Crippen molar-refractivity contribution in [1.82, 2.24) is 5.32 Å². The number of aryl methyl sites for hydroxylation is 1. The Balaban J connectivity index is 2.35. The Morgan fingerprint density at radius 1 is 1.24 bits per heavy atom. The van der Waals surface area contributed by atoms with Crippen LogP contribution in [0.5, 0.6) is 0 Å². The molecule has 1 nitrogen and oxygen atoms in total. The van der Waals surface area contributed by atoms with Crippen LogP contribution in [0.1, 0.15) is 29.7 Å². The Bertz CT molecular complexity index is 475. The van der Waals surface area contributed by atoms with Crippen LogP contribution in [0.15, 0.2) is 35.0 Å². The molecular weight excluding hydrogens is 250 g/mol. The van der Waals surface area contributed by atoms with Gasteiger partial charge in [0.25, 0.3) is 0 Å². The van der Waals surface area contributed by atoms with Gasteiger partial charge in [0.15, 0.2) is 0 Å². The molecular formula is C14H16ClNS. The molecule has 0 spiro atoms. The lowest BCUT2D eigenvalue weighted by atomic mass is 9.98. The Kier molecular flexibility index (Phi) is 4.21. The first-order chi connectivity index (χ1) is 8.22. The zero-order valence-corrected chi connectivity index (χ0v) is 11.6. The topological polar surface area (TPSA) is 12.0 Å². The van der Waals surface area contributed by atoms with E-state index in [1.54, 1.807) is 11.3 Å². The van der Waals surface area contributed by atoms with Crippen molar-refractivity contribution < 1.29 is 0 Å². The van der Waals surface area contributed by atoms with E-state index in [9.17, 15) is 0 Å². The average Bonchev–Trinajstić information content (AvgIpc) is 2.74. The van der Waals surface area contributed by atoms with Crippen LogP contribution in [0.2, 0.25) is 5.02 Å². The summed E-state index contributed by atoms with van der Waals surface area (Å²) >= 11 is 7.68. The normalized spacial score (nSPS) is 12.6. The molecule has 1 heterocycles. The van der Waals surface area contributed by atoms with Crippen molar-refractivity contribution in [3.8, 4) is 0 Å². The summed E-state index contributed by atoms with van der Waals surface area (Å²) in [7, 11) is 0. The molecule has 2 rings (SSSR count). The van der Waals surface area contributed by atoms with Gasteiger partial charge in [-0.25, -0.2) is 0 Å². The van der Waals surface area contributed by atoms with Gasteiger partial charge in [0.2, 0.25) is 0 Å². The number of halogens is 1. The molecule has 0 saturated heterocycles. The summed E-state index contributed by atoms with van der Waals surface area (Å²) in [5.41, 5.74) is 3.97. The second kappa shape index (κ2) is 5.67. The Morgan fingerprint density at radius 2 is 1.94 bits per heavy atom. The van der Waals surface area contributed by atoms with Crippen molar-refractivity contribution in [2.45, 2.75) is 19.9 Å². The van der Waals surface area contributed by atoms with Gasteiger partial charge < -0.3 is 5.32 Å². The van der Waals surface area contributed by atoms with Crippen LogP contribution >= 0.6 is 22.9 Å². The van der Waals surface area contributed by atoms with Gasteiger partial charge in [-0.3, -0.25) is 0 Å². The van der Waals surface area contributed by atoms with Crippen LogP contribution in [0.4, 0.5) is 0 Å². The summed E-state index contributed by atoms with van der Waals surface area (Å²) in [6.45, 7) is 5.24. The van der Waals surface area contributed by atoms with E-state index in [0.29, 0.717) is 0 Å². The molecule has 3 heteroatoms. The molecule has 90 valence electrons. The summed E-state index contributed by atoms with van der Waals surface area (Å²) < 4.78 is 0. The first kappa shape index (κ1) is 12.6. The SMILES string of the molecule is CCNC(c1ccc(Cl)cc1)c1cscc1C. The maximum absolute atomic E-state index is 5.93. The molecule has 1 atom stereocenters. The number of thiophene rings is 1. The highest BCUT2D eigenvalue weighted by Crippen LogP contribution is 2.28. The van der Waals surface area contributed by atoms with Crippen molar-refractivity contribution >= 4 is 22.9 Å². The summed E-state index contributed by atoms with van der Waals surface area (Å²) in [4.78, 5) is 0. The van der Waals surface area contributed by atoms with Gasteiger partial charge in [-0.1, -0.05) is 30.7 Å². The molecule has 0 bridgehead atoms. The maximum atomic E-state index is 5.93. The zero-order chi connectivity index (χ0) is 12.3. The van der Waals surface area contributed by atoms with Crippen molar-refractivity contribution in [3.05, 3.63) is 56.7 Å². The van der Waals surface area contributed by atoms with Gasteiger partial charge in [-0.15, -0.1) is 0 Å². The zero-order valence-electron chi connectivity index (χ0n) is 10.0. The summed E-state index contributed by atoms with van der Waals surface area (Å²) in [5.74, 6) is 0. The Morgan fingerprint density at radius 3 is 2.47 bits per heavy atom. The summed E-state index contributed by atoms with van der Waals surface area (Å²) in [6.07, 6.45) is 0. The van der Waals surface area contributed by atoms with Crippen molar-refractivity contribution in [1.29, 1.82) is 0 Å². The number of hydrogen-bond donors (Lipinski definition) is 1. The summed E-state index contributed by atoms with van der Waals surface area (Å²) in [5, 5.41) is 8.72. The van der Waals surface area contributed by atoms with Crippen LogP contribution in [0, 0.1) is 6.92 Å². The molecule has 0 aliphatic heterocycles. The smallest absolute Gasteiger partial charge is 0.0587 e. The third kappa shape index (κ3) is 2.89. The largest absolute Gasteiger partial charge is 0.306 e. The van der Waals surface area contributed by atoms with E-state index in [2.05, 4.69) is 42.1 Å². The van der Waals surface area contributed by atoms with Gasteiger partial charge in [-0.05, 0) is 53.1 Å². The number of nitrogens with one attached hydrogen (secondary N) is 1. The molecule has 0 fully saturated rings. The van der Waals surface area contributed by atoms with Gasteiger partial charge in [-0.2, -0.15) is 11.3 Å². The molecule has 17 heavy (non-hydrogen) atoms. The number of benzene rings is 1. The van der Waals surface area contributed by atoms with Crippen LogP contribution in [0.3, 0.4) is 0 Å². The predicted molar refractivity (Wildman–Crippen MR) is 76.0 cm³/mol. The Hall–Kier alpha value is -0.830. The van der Waals surface area contributed by atoms with Crippen LogP contribution in [0.25, 0.3) is 0 Å². The first-order valence-corrected chi connectivity index (χ1v) is 7.06. The third-order valence-corrected chi connectivity index (χ3v) is 3.95. The fourth-order valence-corrected chi connectivity index (χ4v) is 2.94. The van der Waals surface area contributed by atoms with E-state index in [1.165, 1.54) is 16.7 Å². The highest BCUT2D eigenvalue weighted by molar-refractivity contribution is 7.08. The molecule has 0 amide bonds. The molecule has 0 saturated carbocycles. The van der Waals surface area contributed by atoms with Crippen molar-refractivity contribution in [2.24, 2.45) is 0 Å².